The van der Waals surface area contributed by atoms with Crippen LogP contribution in [0.25, 0.3) is 0 Å². The van der Waals surface area contributed by atoms with E-state index in [0.29, 0.717) is 13.1 Å². The zero-order chi connectivity index (χ0) is 21.8. The van der Waals surface area contributed by atoms with Gasteiger partial charge in [-0.15, -0.1) is 10.2 Å². The van der Waals surface area contributed by atoms with Gasteiger partial charge < -0.3 is 15.5 Å². The smallest absolute Gasteiger partial charge is 0.321 e. The Labute approximate surface area is 183 Å². The van der Waals surface area contributed by atoms with Crippen LogP contribution >= 0.6 is 11.3 Å². The van der Waals surface area contributed by atoms with Gasteiger partial charge in [-0.1, -0.05) is 41.2 Å². The van der Waals surface area contributed by atoms with Gasteiger partial charge in [-0.05, 0) is 44.0 Å². The van der Waals surface area contributed by atoms with Crippen LogP contribution in [0.1, 0.15) is 39.1 Å². The number of piperidine rings is 1. The highest BCUT2D eigenvalue weighted by molar-refractivity contribution is 7.13. The molecule has 1 aromatic heterocycles. The maximum atomic E-state index is 13.7. The van der Waals surface area contributed by atoms with Crippen molar-refractivity contribution in [1.29, 1.82) is 0 Å². The minimum absolute atomic E-state index is 0.108. The van der Waals surface area contributed by atoms with Gasteiger partial charge in [0.25, 0.3) is 5.91 Å². The zero-order valence-electron chi connectivity index (χ0n) is 17.0. The molecule has 3 aromatic rings. The molecule has 160 valence electrons. The molecule has 1 saturated heterocycles. The van der Waals surface area contributed by atoms with Crippen molar-refractivity contribution >= 4 is 34.6 Å². The van der Waals surface area contributed by atoms with Gasteiger partial charge in [0, 0.05) is 24.7 Å². The normalized spacial score (nSPS) is 14.3. The summed E-state index contributed by atoms with van der Waals surface area (Å²) in [5, 5.41) is 14.5. The average molecular weight is 440 g/mol. The van der Waals surface area contributed by atoms with Gasteiger partial charge in [-0.2, -0.15) is 0 Å². The zero-order valence-corrected chi connectivity index (χ0v) is 17.8. The molecule has 2 N–H and O–H groups in total. The lowest BCUT2D eigenvalue weighted by atomic mass is 9.98. The number of hydrogen-bond acceptors (Lipinski definition) is 5. The van der Waals surface area contributed by atoms with Gasteiger partial charge in [0.2, 0.25) is 5.01 Å². The molecule has 7 nitrogen and oxygen atoms in total. The topological polar surface area (TPSA) is 87.2 Å². The first kappa shape index (κ1) is 20.9. The van der Waals surface area contributed by atoms with Crippen LogP contribution in [0, 0.1) is 12.7 Å². The molecule has 0 aliphatic carbocycles. The van der Waals surface area contributed by atoms with Gasteiger partial charge in [0.1, 0.15) is 10.8 Å². The molecule has 0 radical (unpaired) electrons. The maximum Gasteiger partial charge on any atom is 0.321 e. The molecule has 0 atom stereocenters. The van der Waals surface area contributed by atoms with E-state index in [1.807, 2.05) is 31.2 Å². The van der Waals surface area contributed by atoms with Gasteiger partial charge in [-0.3, -0.25) is 4.79 Å². The number of nitrogens with zero attached hydrogens (tertiary/aromatic N) is 3. The summed E-state index contributed by atoms with van der Waals surface area (Å²) in [5.74, 6) is -0.850. The first-order valence-corrected chi connectivity index (χ1v) is 10.8. The molecule has 2 heterocycles. The Morgan fingerprint density at radius 1 is 1.03 bits per heavy atom. The van der Waals surface area contributed by atoms with Crippen molar-refractivity contribution in [2.75, 3.05) is 23.7 Å². The van der Waals surface area contributed by atoms with Gasteiger partial charge >= 0.3 is 6.03 Å². The molecule has 0 saturated carbocycles. The van der Waals surface area contributed by atoms with Crippen LogP contribution in [0.15, 0.2) is 48.5 Å². The number of benzene rings is 2. The SMILES string of the molecule is Cc1ccc(NC(=O)N2CCC(c3nnc(C(=O)Nc4ccccc4F)s3)CC2)cc1. The number of aromatic nitrogens is 2. The quantitative estimate of drug-likeness (QED) is 0.620. The summed E-state index contributed by atoms with van der Waals surface area (Å²) < 4.78 is 13.7. The summed E-state index contributed by atoms with van der Waals surface area (Å²) in [7, 11) is 0. The van der Waals surface area contributed by atoms with Crippen molar-refractivity contribution in [1.82, 2.24) is 15.1 Å². The van der Waals surface area contributed by atoms with E-state index in [4.69, 9.17) is 0 Å². The number of halogens is 1. The molecular formula is C22H22FN5O2S. The van der Waals surface area contributed by atoms with E-state index in [2.05, 4.69) is 20.8 Å². The number of urea groups is 1. The number of hydrogen-bond donors (Lipinski definition) is 2. The van der Waals surface area contributed by atoms with Crippen molar-refractivity contribution in [2.45, 2.75) is 25.7 Å². The first-order chi connectivity index (χ1) is 15.0. The third kappa shape index (κ3) is 5.05. The molecular weight excluding hydrogens is 417 g/mol. The highest BCUT2D eigenvalue weighted by Crippen LogP contribution is 2.30. The van der Waals surface area contributed by atoms with E-state index in [-0.39, 0.29) is 22.6 Å². The summed E-state index contributed by atoms with van der Waals surface area (Å²) in [6.07, 6.45) is 1.48. The molecule has 0 unspecified atom stereocenters. The Kier molecular flexibility index (Phi) is 6.22. The molecule has 31 heavy (non-hydrogen) atoms. The Bertz CT molecular complexity index is 1080. The number of rotatable bonds is 4. The van der Waals surface area contributed by atoms with E-state index in [1.165, 1.54) is 23.5 Å². The molecule has 0 bridgehead atoms. The minimum atomic E-state index is -0.503. The highest BCUT2D eigenvalue weighted by Gasteiger charge is 2.27. The average Bonchev–Trinajstić information content (AvgIpc) is 3.27. The molecule has 0 spiro atoms. The summed E-state index contributed by atoms with van der Waals surface area (Å²) >= 11 is 1.21. The van der Waals surface area contributed by atoms with Crippen LogP contribution in [0.2, 0.25) is 0 Å². The van der Waals surface area contributed by atoms with E-state index in [1.54, 1.807) is 17.0 Å². The Morgan fingerprint density at radius 3 is 2.45 bits per heavy atom. The van der Waals surface area contributed by atoms with Crippen molar-refractivity contribution < 1.29 is 14.0 Å². The summed E-state index contributed by atoms with van der Waals surface area (Å²) in [6, 6.07) is 13.5. The predicted molar refractivity (Wildman–Crippen MR) is 118 cm³/mol. The second-order valence-electron chi connectivity index (χ2n) is 7.44. The Morgan fingerprint density at radius 2 is 1.74 bits per heavy atom. The number of amides is 3. The lowest BCUT2D eigenvalue weighted by molar-refractivity contribution is 0.102. The molecule has 1 fully saturated rings. The van der Waals surface area contributed by atoms with Crippen LogP contribution < -0.4 is 10.6 Å². The number of likely N-dealkylation sites (tertiary alicyclic amines) is 1. The third-order valence-electron chi connectivity index (χ3n) is 5.19. The van der Waals surface area contributed by atoms with Crippen molar-refractivity contribution in [3.05, 3.63) is 69.9 Å². The minimum Gasteiger partial charge on any atom is -0.324 e. The number of carbonyl (C=O) groups excluding carboxylic acids is 2. The molecule has 1 aliphatic heterocycles. The Balaban J connectivity index is 1.31. The summed E-state index contributed by atoms with van der Waals surface area (Å²) in [4.78, 5) is 26.6. The standard InChI is InChI=1S/C22H22FN5O2S/c1-14-6-8-16(9-7-14)24-22(30)28-12-10-15(11-13-28)20-26-27-21(31-20)19(29)25-18-5-3-2-4-17(18)23/h2-9,15H,10-13H2,1H3,(H,24,30)(H,25,29). The monoisotopic (exact) mass is 439 g/mol. The van der Waals surface area contributed by atoms with Crippen LogP contribution in [-0.2, 0) is 0 Å². The van der Waals surface area contributed by atoms with Crippen molar-refractivity contribution in [3.8, 4) is 0 Å². The van der Waals surface area contributed by atoms with Crippen LogP contribution in [0.4, 0.5) is 20.6 Å². The van der Waals surface area contributed by atoms with Crippen LogP contribution in [0.3, 0.4) is 0 Å². The second-order valence-corrected chi connectivity index (χ2v) is 8.45. The summed E-state index contributed by atoms with van der Waals surface area (Å²) in [6.45, 7) is 3.19. The number of anilines is 2. The van der Waals surface area contributed by atoms with E-state index < -0.39 is 11.7 Å². The molecule has 2 aromatic carbocycles. The first-order valence-electron chi connectivity index (χ1n) is 10.0. The van der Waals surface area contributed by atoms with Gasteiger partial charge in [0.15, 0.2) is 0 Å². The van der Waals surface area contributed by atoms with Crippen LogP contribution in [0.5, 0.6) is 0 Å². The lowest BCUT2D eigenvalue weighted by Gasteiger charge is -2.31. The number of aryl methyl sites for hydroxylation is 1. The van der Waals surface area contributed by atoms with Crippen molar-refractivity contribution in [3.63, 3.8) is 0 Å². The second kappa shape index (κ2) is 9.22. The Hall–Kier alpha value is -3.33. The fourth-order valence-electron chi connectivity index (χ4n) is 3.40. The van der Waals surface area contributed by atoms with Gasteiger partial charge in [-0.25, -0.2) is 9.18 Å². The van der Waals surface area contributed by atoms with E-state index in [9.17, 15) is 14.0 Å². The number of carbonyl (C=O) groups is 2. The molecule has 1 aliphatic rings. The van der Waals surface area contributed by atoms with E-state index >= 15 is 0 Å². The maximum absolute atomic E-state index is 13.7. The third-order valence-corrected chi connectivity index (χ3v) is 6.28. The van der Waals surface area contributed by atoms with Crippen molar-refractivity contribution in [2.24, 2.45) is 0 Å². The summed E-state index contributed by atoms with van der Waals surface area (Å²) in [5.41, 5.74) is 2.02. The van der Waals surface area contributed by atoms with Gasteiger partial charge in [0.05, 0.1) is 5.69 Å². The number of para-hydroxylation sites is 1. The van der Waals surface area contributed by atoms with E-state index in [0.717, 1.165) is 29.1 Å². The number of nitrogens with one attached hydrogen (secondary N) is 2. The fraction of sp³-hybridized carbons (Fsp3) is 0.273. The molecule has 4 rings (SSSR count). The predicted octanol–water partition coefficient (Wildman–Crippen LogP) is 4.65. The van der Waals surface area contributed by atoms with Crippen LogP contribution in [-0.4, -0.2) is 40.1 Å². The fourth-order valence-corrected chi connectivity index (χ4v) is 4.31. The highest BCUT2D eigenvalue weighted by atomic mass is 32.1. The largest absolute Gasteiger partial charge is 0.324 e. The molecule has 3 amide bonds. The lowest BCUT2D eigenvalue weighted by Crippen LogP contribution is -2.40. The molecule has 9 heteroatoms.